The number of nitro groups is 1. The van der Waals surface area contributed by atoms with Crippen LogP contribution in [0.1, 0.15) is 16.1 Å². The van der Waals surface area contributed by atoms with Gasteiger partial charge in [0.05, 0.1) is 12.0 Å². The molecular formula is C14H12N2O4S. The minimum Gasteiger partial charge on any atom is -0.464 e. The Hall–Kier alpha value is -2.41. The van der Waals surface area contributed by atoms with Crippen LogP contribution in [0.25, 0.3) is 0 Å². The predicted octanol–water partition coefficient (Wildman–Crippen LogP) is 3.07. The Morgan fingerprint density at radius 2 is 2.00 bits per heavy atom. The number of methoxy groups -OCH3 is 1. The van der Waals surface area contributed by atoms with Gasteiger partial charge in [-0.05, 0) is 11.6 Å². The molecule has 0 radical (unpaired) electrons. The van der Waals surface area contributed by atoms with Crippen LogP contribution in [0.5, 0.6) is 0 Å². The van der Waals surface area contributed by atoms with E-state index in [9.17, 15) is 14.9 Å². The number of esters is 1. The first-order chi connectivity index (χ1) is 10.1. The molecule has 21 heavy (non-hydrogen) atoms. The number of hydrogen-bond donors (Lipinski definition) is 0. The molecule has 108 valence electrons. The third-order valence-corrected chi connectivity index (χ3v) is 3.70. The average Bonchev–Trinajstić information content (AvgIpc) is 2.52. The lowest BCUT2D eigenvalue weighted by Crippen LogP contribution is -2.06. The first-order valence-electron chi connectivity index (χ1n) is 6.02. The fourth-order valence-corrected chi connectivity index (χ4v) is 2.57. The number of benzene rings is 1. The number of nitrogens with zero attached hydrogens (tertiary/aromatic N) is 2. The summed E-state index contributed by atoms with van der Waals surface area (Å²) in [6.07, 6.45) is 0. The summed E-state index contributed by atoms with van der Waals surface area (Å²) >= 11 is 1.21. The van der Waals surface area contributed by atoms with Gasteiger partial charge in [-0.3, -0.25) is 10.1 Å². The van der Waals surface area contributed by atoms with Crippen LogP contribution in [0.3, 0.4) is 0 Å². The monoisotopic (exact) mass is 304 g/mol. The van der Waals surface area contributed by atoms with Crippen LogP contribution in [0.2, 0.25) is 0 Å². The van der Waals surface area contributed by atoms with Crippen molar-refractivity contribution in [2.75, 3.05) is 7.11 Å². The van der Waals surface area contributed by atoms with Gasteiger partial charge in [0.15, 0.2) is 5.03 Å². The Kier molecular flexibility index (Phi) is 4.89. The van der Waals surface area contributed by atoms with Gasteiger partial charge in [0.1, 0.15) is 5.69 Å². The molecular weight excluding hydrogens is 292 g/mol. The standard InChI is InChI=1S/C14H12N2O4S/c1-20-14(17)11-7-8-12(16(18)19)13(15-11)21-9-10-5-3-2-4-6-10/h2-8H,9H2,1H3. The highest BCUT2D eigenvalue weighted by Crippen LogP contribution is 2.30. The highest BCUT2D eigenvalue weighted by Gasteiger charge is 2.19. The largest absolute Gasteiger partial charge is 0.464 e. The van der Waals surface area contributed by atoms with Gasteiger partial charge in [-0.1, -0.05) is 42.1 Å². The zero-order valence-electron chi connectivity index (χ0n) is 11.2. The molecule has 1 aromatic heterocycles. The number of rotatable bonds is 5. The van der Waals surface area contributed by atoms with E-state index in [2.05, 4.69) is 9.72 Å². The summed E-state index contributed by atoms with van der Waals surface area (Å²) < 4.78 is 4.57. The normalized spacial score (nSPS) is 10.1. The maximum Gasteiger partial charge on any atom is 0.356 e. The number of carbonyl (C=O) groups excluding carboxylic acids is 1. The van der Waals surface area contributed by atoms with E-state index in [1.54, 1.807) is 0 Å². The SMILES string of the molecule is COC(=O)c1ccc([N+](=O)[O-])c(SCc2ccccc2)n1. The second kappa shape index (κ2) is 6.85. The Morgan fingerprint density at radius 1 is 1.29 bits per heavy atom. The number of carbonyl (C=O) groups is 1. The van der Waals surface area contributed by atoms with E-state index in [-0.39, 0.29) is 16.4 Å². The van der Waals surface area contributed by atoms with Crippen LogP contribution >= 0.6 is 11.8 Å². The van der Waals surface area contributed by atoms with Crippen molar-refractivity contribution >= 4 is 23.4 Å². The molecule has 0 aliphatic rings. The molecule has 0 amide bonds. The summed E-state index contributed by atoms with van der Waals surface area (Å²) in [5.74, 6) is -0.0919. The third-order valence-electron chi connectivity index (χ3n) is 2.65. The molecule has 0 aliphatic carbocycles. The summed E-state index contributed by atoms with van der Waals surface area (Å²) in [5, 5.41) is 11.2. The first-order valence-corrected chi connectivity index (χ1v) is 7.01. The topological polar surface area (TPSA) is 82.3 Å². The highest BCUT2D eigenvalue weighted by molar-refractivity contribution is 7.98. The van der Waals surface area contributed by atoms with E-state index in [1.165, 1.54) is 31.0 Å². The molecule has 1 aromatic carbocycles. The Bertz CT molecular complexity index is 661. The van der Waals surface area contributed by atoms with Crippen LogP contribution in [0.15, 0.2) is 47.5 Å². The van der Waals surface area contributed by atoms with Gasteiger partial charge in [0.25, 0.3) is 0 Å². The van der Waals surface area contributed by atoms with E-state index in [4.69, 9.17) is 0 Å². The summed E-state index contributed by atoms with van der Waals surface area (Å²) in [6.45, 7) is 0. The van der Waals surface area contributed by atoms with Crippen LogP contribution in [-0.4, -0.2) is 23.0 Å². The summed E-state index contributed by atoms with van der Waals surface area (Å²) in [4.78, 5) is 26.0. The molecule has 6 nitrogen and oxygen atoms in total. The lowest BCUT2D eigenvalue weighted by atomic mass is 10.2. The minimum atomic E-state index is -0.619. The maximum absolute atomic E-state index is 11.5. The summed E-state index contributed by atoms with van der Waals surface area (Å²) in [7, 11) is 1.24. The zero-order valence-corrected chi connectivity index (χ0v) is 12.0. The molecule has 2 rings (SSSR count). The predicted molar refractivity (Wildman–Crippen MR) is 78.2 cm³/mol. The van der Waals surface area contributed by atoms with Crippen molar-refractivity contribution in [3.63, 3.8) is 0 Å². The van der Waals surface area contributed by atoms with Crippen molar-refractivity contribution in [3.8, 4) is 0 Å². The highest BCUT2D eigenvalue weighted by atomic mass is 32.2. The zero-order chi connectivity index (χ0) is 15.2. The van der Waals surface area contributed by atoms with Gasteiger partial charge < -0.3 is 4.74 Å². The van der Waals surface area contributed by atoms with E-state index in [1.807, 2.05) is 30.3 Å². The fourth-order valence-electron chi connectivity index (χ4n) is 1.62. The molecule has 2 aromatic rings. The smallest absolute Gasteiger partial charge is 0.356 e. The van der Waals surface area contributed by atoms with Crippen LogP contribution in [0.4, 0.5) is 5.69 Å². The number of hydrogen-bond acceptors (Lipinski definition) is 6. The second-order valence-electron chi connectivity index (χ2n) is 4.04. The van der Waals surface area contributed by atoms with Gasteiger partial charge in [0, 0.05) is 11.8 Å². The second-order valence-corrected chi connectivity index (χ2v) is 5.01. The minimum absolute atomic E-state index is 0.0543. The Labute approximate surface area is 125 Å². The molecule has 0 aliphatic heterocycles. The molecule has 0 unspecified atom stereocenters. The molecule has 0 atom stereocenters. The quantitative estimate of drug-likeness (QED) is 0.365. The van der Waals surface area contributed by atoms with E-state index < -0.39 is 10.9 Å². The summed E-state index contributed by atoms with van der Waals surface area (Å²) in [5.41, 5.74) is 0.948. The molecule has 0 spiro atoms. The van der Waals surface area contributed by atoms with Crippen molar-refractivity contribution in [2.45, 2.75) is 10.8 Å². The Morgan fingerprint density at radius 3 is 2.62 bits per heavy atom. The van der Waals surface area contributed by atoms with Crippen molar-refractivity contribution in [2.24, 2.45) is 0 Å². The maximum atomic E-state index is 11.5. The Balaban J connectivity index is 2.26. The lowest BCUT2D eigenvalue weighted by Gasteiger charge is -2.04. The fraction of sp³-hybridized carbons (Fsp3) is 0.143. The van der Waals surface area contributed by atoms with Gasteiger partial charge in [-0.25, -0.2) is 9.78 Å². The lowest BCUT2D eigenvalue weighted by molar-refractivity contribution is -0.388. The van der Waals surface area contributed by atoms with E-state index >= 15 is 0 Å². The molecule has 7 heteroatoms. The van der Waals surface area contributed by atoms with Gasteiger partial charge in [0.2, 0.25) is 0 Å². The van der Waals surface area contributed by atoms with Crippen molar-refractivity contribution in [3.05, 3.63) is 63.8 Å². The average molecular weight is 304 g/mol. The van der Waals surface area contributed by atoms with Gasteiger partial charge >= 0.3 is 11.7 Å². The van der Waals surface area contributed by atoms with Gasteiger partial charge in [-0.2, -0.15) is 0 Å². The third kappa shape index (κ3) is 3.79. The van der Waals surface area contributed by atoms with Crippen LogP contribution < -0.4 is 0 Å². The molecule has 0 saturated heterocycles. The molecule has 0 N–H and O–H groups in total. The van der Waals surface area contributed by atoms with Crippen molar-refractivity contribution in [1.29, 1.82) is 0 Å². The van der Waals surface area contributed by atoms with Gasteiger partial charge in [-0.15, -0.1) is 0 Å². The van der Waals surface area contributed by atoms with E-state index in [0.717, 1.165) is 5.56 Å². The molecule has 0 fully saturated rings. The number of pyridine rings is 1. The van der Waals surface area contributed by atoms with Crippen LogP contribution in [-0.2, 0) is 10.5 Å². The van der Waals surface area contributed by atoms with Crippen LogP contribution in [0, 0.1) is 10.1 Å². The first kappa shape index (κ1) is 15.0. The number of ether oxygens (including phenoxy) is 1. The molecule has 1 heterocycles. The molecule has 0 saturated carbocycles. The van der Waals surface area contributed by atoms with Crippen molar-refractivity contribution < 1.29 is 14.5 Å². The number of thioether (sulfide) groups is 1. The molecule has 0 bridgehead atoms. The van der Waals surface area contributed by atoms with E-state index in [0.29, 0.717) is 5.75 Å². The van der Waals surface area contributed by atoms with Crippen molar-refractivity contribution in [1.82, 2.24) is 4.98 Å². The number of aromatic nitrogens is 1. The summed E-state index contributed by atoms with van der Waals surface area (Å²) in [6, 6.07) is 12.1.